The van der Waals surface area contributed by atoms with E-state index in [9.17, 15) is 8.42 Å². The number of rotatable bonds is 7. The summed E-state index contributed by atoms with van der Waals surface area (Å²) >= 11 is 0. The Balaban J connectivity index is 4.28. The predicted molar refractivity (Wildman–Crippen MR) is 57.7 cm³/mol. The van der Waals surface area contributed by atoms with Gasteiger partial charge in [0.2, 0.25) is 10.0 Å². The summed E-state index contributed by atoms with van der Waals surface area (Å²) in [6.45, 7) is 6.21. The van der Waals surface area contributed by atoms with Crippen LogP contribution in [0, 0.1) is 5.92 Å². The largest absolute Gasteiger partial charge is 0.383 e. The zero-order chi connectivity index (χ0) is 11.2. The molecule has 86 valence electrons. The summed E-state index contributed by atoms with van der Waals surface area (Å²) in [5.41, 5.74) is 0. The highest BCUT2D eigenvalue weighted by molar-refractivity contribution is 7.89. The molecular weight excluding hydrogens is 202 g/mol. The molecule has 0 heterocycles. The molecule has 0 fully saturated rings. The number of sulfonamides is 1. The van der Waals surface area contributed by atoms with Crippen LogP contribution in [0.4, 0.5) is 0 Å². The lowest BCUT2D eigenvalue weighted by Crippen LogP contribution is -2.42. The number of methoxy groups -OCH3 is 1. The van der Waals surface area contributed by atoms with Gasteiger partial charge in [0.05, 0.1) is 12.4 Å². The van der Waals surface area contributed by atoms with E-state index in [-0.39, 0.29) is 17.7 Å². The topological polar surface area (TPSA) is 55.4 Å². The molecule has 0 rings (SSSR count). The Labute approximate surface area is 87.1 Å². The number of ether oxygens (including phenoxy) is 1. The second-order valence-electron chi connectivity index (χ2n) is 3.74. The third kappa shape index (κ3) is 5.57. The maximum atomic E-state index is 11.5. The molecule has 4 nitrogen and oxygen atoms in total. The minimum atomic E-state index is -3.13. The van der Waals surface area contributed by atoms with Crippen LogP contribution in [0.5, 0.6) is 0 Å². The van der Waals surface area contributed by atoms with E-state index in [0.717, 1.165) is 0 Å². The molecule has 0 bridgehead atoms. The first-order valence-corrected chi connectivity index (χ1v) is 6.57. The van der Waals surface area contributed by atoms with Gasteiger partial charge < -0.3 is 4.74 Å². The van der Waals surface area contributed by atoms with Crippen molar-refractivity contribution in [1.82, 2.24) is 4.72 Å². The van der Waals surface area contributed by atoms with E-state index in [4.69, 9.17) is 4.74 Å². The normalized spacial score (nSPS) is 14.6. The minimum absolute atomic E-state index is 0.128. The maximum Gasteiger partial charge on any atom is 0.211 e. The van der Waals surface area contributed by atoms with Gasteiger partial charge >= 0.3 is 0 Å². The van der Waals surface area contributed by atoms with Crippen molar-refractivity contribution in [3.8, 4) is 0 Å². The van der Waals surface area contributed by atoms with Crippen LogP contribution in [0.25, 0.3) is 0 Å². The van der Waals surface area contributed by atoms with E-state index in [0.29, 0.717) is 13.0 Å². The summed E-state index contributed by atoms with van der Waals surface area (Å²) in [5, 5.41) is 0. The second kappa shape index (κ2) is 6.37. The highest BCUT2D eigenvalue weighted by Crippen LogP contribution is 2.04. The molecule has 0 aromatic heterocycles. The van der Waals surface area contributed by atoms with E-state index in [1.807, 2.05) is 20.8 Å². The van der Waals surface area contributed by atoms with Crippen LogP contribution in [-0.2, 0) is 14.8 Å². The molecule has 0 saturated carbocycles. The Kier molecular flexibility index (Phi) is 6.31. The van der Waals surface area contributed by atoms with Crippen LogP contribution < -0.4 is 4.72 Å². The van der Waals surface area contributed by atoms with E-state index in [1.165, 1.54) is 0 Å². The molecule has 0 aromatic rings. The average Bonchev–Trinajstić information content (AvgIpc) is 2.02. The zero-order valence-corrected chi connectivity index (χ0v) is 10.2. The van der Waals surface area contributed by atoms with Crippen molar-refractivity contribution < 1.29 is 13.2 Å². The first-order valence-electron chi connectivity index (χ1n) is 4.92. The molecule has 0 saturated heterocycles. The van der Waals surface area contributed by atoms with E-state index in [2.05, 4.69) is 4.72 Å². The van der Waals surface area contributed by atoms with Crippen molar-refractivity contribution in [3.63, 3.8) is 0 Å². The molecule has 5 heteroatoms. The lowest BCUT2D eigenvalue weighted by Gasteiger charge is -2.21. The van der Waals surface area contributed by atoms with Gasteiger partial charge in [0, 0.05) is 13.2 Å². The summed E-state index contributed by atoms with van der Waals surface area (Å²) in [5.74, 6) is 0.418. The molecule has 0 aliphatic carbocycles. The van der Waals surface area contributed by atoms with Crippen LogP contribution in [0.1, 0.15) is 27.2 Å². The van der Waals surface area contributed by atoms with Gasteiger partial charge in [-0.3, -0.25) is 0 Å². The number of nitrogens with one attached hydrogen (secondary N) is 1. The molecule has 0 aliphatic heterocycles. The van der Waals surface area contributed by atoms with Crippen molar-refractivity contribution in [3.05, 3.63) is 0 Å². The van der Waals surface area contributed by atoms with Crippen molar-refractivity contribution in [2.24, 2.45) is 5.92 Å². The van der Waals surface area contributed by atoms with Gasteiger partial charge in [0.25, 0.3) is 0 Å². The smallest absolute Gasteiger partial charge is 0.211 e. The zero-order valence-electron chi connectivity index (χ0n) is 9.41. The fraction of sp³-hybridized carbons (Fsp3) is 1.00. The second-order valence-corrected chi connectivity index (χ2v) is 5.62. The first-order chi connectivity index (χ1) is 6.43. The summed E-state index contributed by atoms with van der Waals surface area (Å²) < 4.78 is 30.5. The van der Waals surface area contributed by atoms with Crippen LogP contribution in [0.2, 0.25) is 0 Å². The highest BCUT2D eigenvalue weighted by atomic mass is 32.2. The van der Waals surface area contributed by atoms with Gasteiger partial charge in [-0.1, -0.05) is 20.8 Å². The Bertz CT molecular complexity index is 236. The van der Waals surface area contributed by atoms with Gasteiger partial charge in [0.1, 0.15) is 0 Å². The number of hydrogen-bond donors (Lipinski definition) is 1. The van der Waals surface area contributed by atoms with Crippen LogP contribution in [-0.4, -0.2) is 33.9 Å². The summed E-state index contributed by atoms with van der Waals surface area (Å²) in [4.78, 5) is 0. The predicted octanol–water partition coefficient (Wildman–Crippen LogP) is 0.987. The van der Waals surface area contributed by atoms with Gasteiger partial charge in [-0.25, -0.2) is 13.1 Å². The summed E-state index contributed by atoms with van der Waals surface area (Å²) in [6.07, 6.45) is 0.632. The Hall–Kier alpha value is -0.130. The van der Waals surface area contributed by atoms with Crippen molar-refractivity contribution in [2.75, 3.05) is 19.5 Å². The average molecular weight is 223 g/mol. The molecule has 0 amide bonds. The van der Waals surface area contributed by atoms with E-state index < -0.39 is 10.0 Å². The standard InChI is InChI=1S/C9H21NO3S/c1-5-6-14(11,12)10-9(7-13-4)8(2)3/h8-10H,5-7H2,1-4H3. The summed E-state index contributed by atoms with van der Waals surface area (Å²) in [6, 6.07) is -0.128. The molecule has 0 radical (unpaired) electrons. The van der Waals surface area contributed by atoms with Gasteiger partial charge in [-0.05, 0) is 12.3 Å². The molecule has 0 spiro atoms. The fourth-order valence-corrected chi connectivity index (χ4v) is 2.56. The Morgan fingerprint density at radius 2 is 1.93 bits per heavy atom. The third-order valence-electron chi connectivity index (χ3n) is 1.95. The lowest BCUT2D eigenvalue weighted by molar-refractivity contribution is 0.157. The first kappa shape index (κ1) is 13.9. The quantitative estimate of drug-likeness (QED) is 0.700. The van der Waals surface area contributed by atoms with Crippen molar-refractivity contribution in [1.29, 1.82) is 0 Å². The van der Waals surface area contributed by atoms with Crippen LogP contribution in [0.3, 0.4) is 0 Å². The fourth-order valence-electron chi connectivity index (χ4n) is 1.10. The van der Waals surface area contributed by atoms with Gasteiger partial charge in [-0.2, -0.15) is 0 Å². The summed E-state index contributed by atoms with van der Waals surface area (Å²) in [7, 11) is -1.56. The molecule has 1 atom stereocenters. The van der Waals surface area contributed by atoms with Gasteiger partial charge in [-0.15, -0.1) is 0 Å². The van der Waals surface area contributed by atoms with Crippen molar-refractivity contribution >= 4 is 10.0 Å². The monoisotopic (exact) mass is 223 g/mol. The molecule has 0 aliphatic rings. The Morgan fingerprint density at radius 3 is 2.29 bits per heavy atom. The molecule has 14 heavy (non-hydrogen) atoms. The van der Waals surface area contributed by atoms with Crippen molar-refractivity contribution in [2.45, 2.75) is 33.2 Å². The lowest BCUT2D eigenvalue weighted by atomic mass is 10.1. The molecule has 1 N–H and O–H groups in total. The third-order valence-corrected chi connectivity index (χ3v) is 3.56. The van der Waals surface area contributed by atoms with E-state index in [1.54, 1.807) is 7.11 Å². The molecule has 1 unspecified atom stereocenters. The molecular formula is C9H21NO3S. The molecule has 0 aromatic carbocycles. The Morgan fingerprint density at radius 1 is 1.36 bits per heavy atom. The van der Waals surface area contributed by atoms with Gasteiger partial charge in [0.15, 0.2) is 0 Å². The van der Waals surface area contributed by atoms with E-state index >= 15 is 0 Å². The SMILES string of the molecule is CCCS(=O)(=O)NC(COC)C(C)C. The minimum Gasteiger partial charge on any atom is -0.383 e. The van der Waals surface area contributed by atoms with Crippen LogP contribution >= 0.6 is 0 Å². The highest BCUT2D eigenvalue weighted by Gasteiger charge is 2.19. The maximum absolute atomic E-state index is 11.5. The number of hydrogen-bond acceptors (Lipinski definition) is 3. The van der Waals surface area contributed by atoms with Crippen LogP contribution in [0.15, 0.2) is 0 Å².